The molecule has 22 heavy (non-hydrogen) atoms. The Hall–Kier alpha value is -2.22. The van der Waals surface area contributed by atoms with E-state index in [4.69, 9.17) is 4.74 Å². The first-order chi connectivity index (χ1) is 10.7. The predicted octanol–water partition coefficient (Wildman–Crippen LogP) is 0.446. The number of ether oxygens (including phenoxy) is 1. The monoisotopic (exact) mass is 304 g/mol. The van der Waals surface area contributed by atoms with Gasteiger partial charge in [-0.05, 0) is 18.9 Å². The molecule has 0 saturated carbocycles. The quantitative estimate of drug-likeness (QED) is 0.886. The molecule has 0 unspecified atom stereocenters. The average molecular weight is 304 g/mol. The number of aromatic nitrogens is 5. The highest BCUT2D eigenvalue weighted by atomic mass is 16.5. The van der Waals surface area contributed by atoms with Crippen LogP contribution in [-0.4, -0.2) is 43.8 Å². The molecule has 2 aromatic heterocycles. The van der Waals surface area contributed by atoms with E-state index in [1.807, 2.05) is 17.8 Å². The van der Waals surface area contributed by atoms with E-state index in [0.29, 0.717) is 12.2 Å². The van der Waals surface area contributed by atoms with Crippen molar-refractivity contribution >= 4 is 5.91 Å². The lowest BCUT2D eigenvalue weighted by Gasteiger charge is -2.31. The highest BCUT2D eigenvalue weighted by molar-refractivity contribution is 5.92. The van der Waals surface area contributed by atoms with E-state index in [9.17, 15) is 4.79 Å². The summed E-state index contributed by atoms with van der Waals surface area (Å²) < 4.78 is 9.21. The molecule has 118 valence electrons. The van der Waals surface area contributed by atoms with Crippen LogP contribution in [-0.2, 0) is 18.8 Å². The lowest BCUT2D eigenvalue weighted by Crippen LogP contribution is -2.36. The minimum atomic E-state index is -0.165. The van der Waals surface area contributed by atoms with E-state index in [2.05, 4.69) is 20.7 Å². The maximum atomic E-state index is 12.2. The van der Waals surface area contributed by atoms with Gasteiger partial charge >= 0.3 is 0 Å². The van der Waals surface area contributed by atoms with E-state index in [0.717, 1.165) is 25.1 Å². The third-order valence-corrected chi connectivity index (χ3v) is 4.07. The van der Waals surface area contributed by atoms with Crippen molar-refractivity contribution in [2.75, 3.05) is 13.2 Å². The molecular formula is C14H20N6O2. The minimum absolute atomic E-state index is 0.0359. The smallest absolute Gasteiger partial charge is 0.271 e. The van der Waals surface area contributed by atoms with Crippen LogP contribution in [0.3, 0.4) is 0 Å². The molecular weight excluding hydrogens is 284 g/mol. The van der Waals surface area contributed by atoms with Gasteiger partial charge in [0.05, 0.1) is 11.9 Å². The van der Waals surface area contributed by atoms with Gasteiger partial charge in [0, 0.05) is 39.4 Å². The van der Waals surface area contributed by atoms with Crippen LogP contribution in [0.4, 0.5) is 0 Å². The van der Waals surface area contributed by atoms with Crippen LogP contribution >= 0.6 is 0 Å². The second-order valence-electron chi connectivity index (χ2n) is 5.53. The maximum Gasteiger partial charge on any atom is 0.271 e. The molecule has 3 heterocycles. The minimum Gasteiger partial charge on any atom is -0.372 e. The van der Waals surface area contributed by atoms with E-state index in [1.54, 1.807) is 13.2 Å². The Labute approximate surface area is 128 Å². The second-order valence-corrected chi connectivity index (χ2v) is 5.53. The zero-order valence-electron chi connectivity index (χ0n) is 12.8. The number of amides is 1. The third-order valence-electron chi connectivity index (χ3n) is 4.07. The molecule has 2 atom stereocenters. The molecule has 0 spiro atoms. The van der Waals surface area contributed by atoms with Crippen LogP contribution < -0.4 is 5.32 Å². The fourth-order valence-corrected chi connectivity index (χ4v) is 2.85. The summed E-state index contributed by atoms with van der Waals surface area (Å²) in [6.45, 7) is 1.30. The topological polar surface area (TPSA) is 86.9 Å². The molecule has 0 bridgehead atoms. The first kappa shape index (κ1) is 14.7. The molecule has 1 saturated heterocycles. The van der Waals surface area contributed by atoms with Gasteiger partial charge in [0.25, 0.3) is 5.91 Å². The van der Waals surface area contributed by atoms with Gasteiger partial charge in [-0.1, -0.05) is 5.21 Å². The van der Waals surface area contributed by atoms with E-state index < -0.39 is 0 Å². The van der Waals surface area contributed by atoms with Gasteiger partial charge in [-0.2, -0.15) is 5.10 Å². The van der Waals surface area contributed by atoms with Crippen molar-refractivity contribution in [3.8, 4) is 0 Å². The molecule has 3 rings (SSSR count). The molecule has 1 amide bonds. The van der Waals surface area contributed by atoms with Gasteiger partial charge < -0.3 is 10.1 Å². The number of nitrogens with zero attached hydrogens (tertiary/aromatic N) is 5. The second kappa shape index (κ2) is 6.27. The molecule has 1 fully saturated rings. The van der Waals surface area contributed by atoms with Crippen molar-refractivity contribution in [3.05, 3.63) is 29.8 Å². The lowest BCUT2D eigenvalue weighted by atomic mass is 9.92. The van der Waals surface area contributed by atoms with Crippen molar-refractivity contribution in [2.45, 2.75) is 18.9 Å². The van der Waals surface area contributed by atoms with Crippen molar-refractivity contribution in [1.29, 1.82) is 0 Å². The fourth-order valence-electron chi connectivity index (χ4n) is 2.85. The number of hydrogen-bond donors (Lipinski definition) is 1. The van der Waals surface area contributed by atoms with Gasteiger partial charge in [-0.3, -0.25) is 9.48 Å². The largest absolute Gasteiger partial charge is 0.372 e. The van der Waals surface area contributed by atoms with Crippen LogP contribution in [0.25, 0.3) is 0 Å². The van der Waals surface area contributed by atoms with Gasteiger partial charge in [-0.15, -0.1) is 5.10 Å². The molecule has 0 aromatic carbocycles. The summed E-state index contributed by atoms with van der Waals surface area (Å²) in [5, 5.41) is 14.7. The van der Waals surface area contributed by atoms with Crippen LogP contribution in [0.1, 0.15) is 35.1 Å². The highest BCUT2D eigenvalue weighted by Crippen LogP contribution is 2.32. The molecule has 0 aliphatic carbocycles. The highest BCUT2D eigenvalue weighted by Gasteiger charge is 2.30. The summed E-state index contributed by atoms with van der Waals surface area (Å²) in [6.07, 6.45) is 5.21. The summed E-state index contributed by atoms with van der Waals surface area (Å²) in [5.41, 5.74) is 1.50. The lowest BCUT2D eigenvalue weighted by molar-refractivity contribution is -0.0317. The zero-order valence-corrected chi connectivity index (χ0v) is 12.8. The number of carbonyl (C=O) groups excluding carboxylic acids is 1. The normalized spacial score (nSPS) is 21.7. The number of nitrogens with one attached hydrogen (secondary N) is 1. The summed E-state index contributed by atoms with van der Waals surface area (Å²) in [4.78, 5) is 12.2. The van der Waals surface area contributed by atoms with Crippen molar-refractivity contribution in [3.63, 3.8) is 0 Å². The SMILES string of the molecule is Cn1nncc1C(=O)NC[C@@H]1CCCO[C@H]1c1ccnn1C. The van der Waals surface area contributed by atoms with Crippen LogP contribution in [0.5, 0.6) is 0 Å². The van der Waals surface area contributed by atoms with Gasteiger partial charge in [0.15, 0.2) is 0 Å². The van der Waals surface area contributed by atoms with E-state index >= 15 is 0 Å². The number of rotatable bonds is 4. The Morgan fingerprint density at radius 3 is 3.00 bits per heavy atom. The summed E-state index contributed by atoms with van der Waals surface area (Å²) >= 11 is 0. The Balaban J connectivity index is 1.66. The number of aryl methyl sites for hydroxylation is 2. The molecule has 8 heteroatoms. The summed E-state index contributed by atoms with van der Waals surface area (Å²) in [6, 6.07) is 1.97. The Kier molecular flexibility index (Phi) is 4.19. The number of hydrogen-bond acceptors (Lipinski definition) is 5. The van der Waals surface area contributed by atoms with Gasteiger partial charge in [0.1, 0.15) is 11.8 Å². The standard InChI is InChI=1S/C14H20N6O2/c1-19-11(5-6-17-19)13-10(4-3-7-22-13)8-15-14(21)12-9-16-18-20(12)2/h5-6,9-10,13H,3-4,7-8H2,1-2H3,(H,15,21)/t10-,13+/m0/s1. The van der Waals surface area contributed by atoms with Crippen LogP contribution in [0, 0.1) is 5.92 Å². The molecule has 0 radical (unpaired) electrons. The maximum absolute atomic E-state index is 12.2. The molecule has 1 aliphatic rings. The van der Waals surface area contributed by atoms with Gasteiger partial charge in [-0.25, -0.2) is 4.68 Å². The molecule has 1 aliphatic heterocycles. The Morgan fingerprint density at radius 1 is 1.45 bits per heavy atom. The Morgan fingerprint density at radius 2 is 2.32 bits per heavy atom. The third kappa shape index (κ3) is 2.87. The number of carbonyl (C=O) groups is 1. The van der Waals surface area contributed by atoms with Crippen molar-refractivity contribution in [2.24, 2.45) is 20.0 Å². The first-order valence-corrected chi connectivity index (χ1v) is 7.39. The predicted molar refractivity (Wildman–Crippen MR) is 78.0 cm³/mol. The molecule has 1 N–H and O–H groups in total. The fraction of sp³-hybridized carbons (Fsp3) is 0.571. The van der Waals surface area contributed by atoms with Gasteiger partial charge in [0.2, 0.25) is 0 Å². The Bertz CT molecular complexity index is 649. The molecule has 2 aromatic rings. The summed E-state index contributed by atoms with van der Waals surface area (Å²) in [5.74, 6) is 0.0658. The summed E-state index contributed by atoms with van der Waals surface area (Å²) in [7, 11) is 3.61. The first-order valence-electron chi connectivity index (χ1n) is 7.39. The van der Waals surface area contributed by atoms with E-state index in [1.165, 1.54) is 10.9 Å². The van der Waals surface area contributed by atoms with Crippen LogP contribution in [0.2, 0.25) is 0 Å². The van der Waals surface area contributed by atoms with Crippen molar-refractivity contribution < 1.29 is 9.53 Å². The van der Waals surface area contributed by atoms with E-state index in [-0.39, 0.29) is 17.9 Å². The van der Waals surface area contributed by atoms with Crippen LogP contribution in [0.15, 0.2) is 18.5 Å². The average Bonchev–Trinajstić information content (AvgIpc) is 3.13. The van der Waals surface area contributed by atoms with Crippen molar-refractivity contribution in [1.82, 2.24) is 30.1 Å². The zero-order chi connectivity index (χ0) is 15.5. The molecule has 8 nitrogen and oxygen atoms in total.